The number of aliphatic hydroxyl groups excluding tert-OH is 1. The molecule has 0 aliphatic carbocycles. The zero-order valence-electron chi connectivity index (χ0n) is 16.2. The van der Waals surface area contributed by atoms with Crippen molar-refractivity contribution in [2.24, 2.45) is 17.3 Å². The minimum Gasteiger partial charge on any atom is -0.396 e. The minimum absolute atomic E-state index is 0.0611. The van der Waals surface area contributed by atoms with Gasteiger partial charge in [-0.2, -0.15) is 0 Å². The number of carbonyl (C=O) groups is 2. The second-order valence-electron chi connectivity index (χ2n) is 7.25. The third kappa shape index (κ3) is 6.29. The lowest BCUT2D eigenvalue weighted by Crippen LogP contribution is -2.44. The maximum absolute atomic E-state index is 11.8. The summed E-state index contributed by atoms with van der Waals surface area (Å²) in [6.07, 6.45) is 0.101. The van der Waals surface area contributed by atoms with Crippen LogP contribution in [-0.4, -0.2) is 34.7 Å². The van der Waals surface area contributed by atoms with Crippen LogP contribution in [0.5, 0.6) is 0 Å². The molecule has 0 aliphatic heterocycles. The van der Waals surface area contributed by atoms with Gasteiger partial charge in [0, 0.05) is 17.8 Å². The van der Waals surface area contributed by atoms with Crippen molar-refractivity contribution in [2.45, 2.75) is 60.4 Å². The van der Waals surface area contributed by atoms with Gasteiger partial charge in [-0.3, -0.25) is 0 Å². The van der Waals surface area contributed by atoms with Gasteiger partial charge in [0.05, 0.1) is 6.42 Å². The Balaban J connectivity index is 5.54. The van der Waals surface area contributed by atoms with E-state index in [9.17, 15) is 19.8 Å². The molecule has 0 unspecified atom stereocenters. The third-order valence-corrected chi connectivity index (χ3v) is 4.70. The van der Waals surface area contributed by atoms with Crippen LogP contribution in [0.15, 0.2) is 24.3 Å². The quantitative estimate of drug-likeness (QED) is 0.355. The van der Waals surface area contributed by atoms with E-state index < -0.39 is 23.3 Å². The molecule has 0 bridgehead atoms. The number of aliphatic hydroxyl groups is 2. The van der Waals surface area contributed by atoms with E-state index in [0.717, 1.165) is 0 Å². The Morgan fingerprint density at radius 3 is 1.52 bits per heavy atom. The summed E-state index contributed by atoms with van der Waals surface area (Å²) >= 11 is 0. The highest BCUT2D eigenvalue weighted by molar-refractivity contribution is 5.88. The van der Waals surface area contributed by atoms with Crippen molar-refractivity contribution in [2.75, 3.05) is 6.61 Å². The summed E-state index contributed by atoms with van der Waals surface area (Å²) in [5.41, 5.74) is -0.406. The Kier molecular flexibility index (Phi) is 8.54. The Morgan fingerprint density at radius 2 is 1.28 bits per heavy atom. The molecule has 0 aromatic carbocycles. The molecule has 0 aromatic heterocycles. The van der Waals surface area contributed by atoms with Gasteiger partial charge in [-0.15, -0.1) is 0 Å². The normalized spacial score (nSPS) is 12.2. The maximum Gasteiger partial charge on any atom is 0.373 e. The predicted molar refractivity (Wildman–Crippen MR) is 95.2 cm³/mol. The molecule has 0 aromatic rings. The van der Waals surface area contributed by atoms with E-state index in [1.807, 2.05) is 27.7 Å². The van der Waals surface area contributed by atoms with Crippen LogP contribution in [-0.2, 0) is 19.1 Å². The van der Waals surface area contributed by atoms with Crippen LogP contribution in [0, 0.1) is 17.3 Å². The molecule has 0 spiro atoms. The van der Waals surface area contributed by atoms with Crippen molar-refractivity contribution in [3.63, 3.8) is 0 Å². The Labute approximate surface area is 150 Å². The first-order chi connectivity index (χ1) is 11.3. The summed E-state index contributed by atoms with van der Waals surface area (Å²) in [6.45, 7) is 17.5. The largest absolute Gasteiger partial charge is 0.396 e. The summed E-state index contributed by atoms with van der Waals surface area (Å²) in [5.74, 6) is -4.01. The molecule has 0 amide bonds. The number of esters is 2. The third-order valence-electron chi connectivity index (χ3n) is 4.70. The first-order valence-electron chi connectivity index (χ1n) is 8.42. The average Bonchev–Trinajstić information content (AvgIpc) is 2.47. The van der Waals surface area contributed by atoms with E-state index in [0.29, 0.717) is 0 Å². The van der Waals surface area contributed by atoms with Gasteiger partial charge in [-0.1, -0.05) is 40.9 Å². The molecule has 25 heavy (non-hydrogen) atoms. The Morgan fingerprint density at radius 1 is 0.920 bits per heavy atom. The summed E-state index contributed by atoms with van der Waals surface area (Å²) in [4.78, 5) is 23.7. The highest BCUT2D eigenvalue weighted by atomic mass is 16.8. The molecule has 0 rings (SSSR count). The van der Waals surface area contributed by atoms with Crippen molar-refractivity contribution in [3.05, 3.63) is 24.3 Å². The SMILES string of the molecule is C=C(C)C(=O)OC(O)(CCC(CO)(C(C)C)C(C)C)OC(=O)C(=C)C. The fraction of sp³-hybridized carbons (Fsp3) is 0.684. The highest BCUT2D eigenvalue weighted by Gasteiger charge is 2.43. The van der Waals surface area contributed by atoms with Crippen molar-refractivity contribution in [1.82, 2.24) is 0 Å². The summed E-state index contributed by atoms with van der Waals surface area (Å²) < 4.78 is 9.94. The molecule has 6 nitrogen and oxygen atoms in total. The van der Waals surface area contributed by atoms with Gasteiger partial charge >= 0.3 is 17.9 Å². The van der Waals surface area contributed by atoms with Crippen LogP contribution in [0.25, 0.3) is 0 Å². The van der Waals surface area contributed by atoms with Gasteiger partial charge in [0.15, 0.2) is 0 Å². The van der Waals surface area contributed by atoms with E-state index >= 15 is 0 Å². The zero-order chi connectivity index (χ0) is 20.0. The summed E-state index contributed by atoms with van der Waals surface area (Å²) in [5, 5.41) is 20.6. The topological polar surface area (TPSA) is 93.1 Å². The van der Waals surface area contributed by atoms with Crippen molar-refractivity contribution in [1.29, 1.82) is 0 Å². The van der Waals surface area contributed by atoms with Crippen LogP contribution in [0.2, 0.25) is 0 Å². The van der Waals surface area contributed by atoms with Crippen LogP contribution >= 0.6 is 0 Å². The van der Waals surface area contributed by atoms with Crippen molar-refractivity contribution < 1.29 is 29.3 Å². The molecule has 0 atom stereocenters. The average molecular weight is 356 g/mol. The van der Waals surface area contributed by atoms with E-state index in [-0.39, 0.29) is 42.4 Å². The van der Waals surface area contributed by atoms with Gasteiger partial charge in [-0.25, -0.2) is 9.59 Å². The zero-order valence-corrected chi connectivity index (χ0v) is 16.2. The molecule has 0 aliphatic rings. The molecular formula is C19H32O6. The lowest BCUT2D eigenvalue weighted by atomic mass is 9.66. The fourth-order valence-electron chi connectivity index (χ4n) is 2.67. The molecular weight excluding hydrogens is 324 g/mol. The van der Waals surface area contributed by atoms with E-state index in [2.05, 4.69) is 13.2 Å². The molecule has 6 heteroatoms. The molecule has 0 saturated heterocycles. The van der Waals surface area contributed by atoms with Crippen LogP contribution in [0.3, 0.4) is 0 Å². The fourth-order valence-corrected chi connectivity index (χ4v) is 2.67. The van der Waals surface area contributed by atoms with Gasteiger partial charge < -0.3 is 19.7 Å². The number of hydrogen-bond donors (Lipinski definition) is 2. The Hall–Kier alpha value is -1.66. The predicted octanol–water partition coefficient (Wildman–Crippen LogP) is 2.94. The van der Waals surface area contributed by atoms with Crippen molar-refractivity contribution in [3.8, 4) is 0 Å². The van der Waals surface area contributed by atoms with Crippen molar-refractivity contribution >= 4 is 11.9 Å². The minimum atomic E-state index is -2.45. The molecule has 0 fully saturated rings. The molecule has 2 N–H and O–H groups in total. The van der Waals surface area contributed by atoms with Gasteiger partial charge in [-0.05, 0) is 37.5 Å². The second kappa shape index (κ2) is 9.15. The smallest absolute Gasteiger partial charge is 0.373 e. The first-order valence-corrected chi connectivity index (χ1v) is 8.42. The Bertz CT molecular complexity index is 482. The van der Waals surface area contributed by atoms with E-state index in [1.54, 1.807) is 0 Å². The van der Waals surface area contributed by atoms with Gasteiger partial charge in [0.1, 0.15) is 0 Å². The van der Waals surface area contributed by atoms with Crippen LogP contribution < -0.4 is 0 Å². The number of carbonyl (C=O) groups excluding carboxylic acids is 2. The molecule has 0 heterocycles. The number of ether oxygens (including phenoxy) is 2. The monoisotopic (exact) mass is 356 g/mol. The number of rotatable bonds is 10. The van der Waals surface area contributed by atoms with E-state index in [4.69, 9.17) is 9.47 Å². The van der Waals surface area contributed by atoms with E-state index in [1.165, 1.54) is 13.8 Å². The summed E-state index contributed by atoms with van der Waals surface area (Å²) in [6, 6.07) is 0. The lowest BCUT2D eigenvalue weighted by Gasteiger charge is -2.41. The van der Waals surface area contributed by atoms with Crippen LogP contribution in [0.1, 0.15) is 54.4 Å². The first kappa shape index (κ1) is 23.3. The van der Waals surface area contributed by atoms with Gasteiger partial charge in [0.2, 0.25) is 0 Å². The number of hydrogen-bond acceptors (Lipinski definition) is 6. The summed E-state index contributed by atoms with van der Waals surface area (Å²) in [7, 11) is 0. The second-order valence-corrected chi connectivity index (χ2v) is 7.25. The molecule has 144 valence electrons. The molecule has 0 radical (unpaired) electrons. The standard InChI is InChI=1S/C19H32O6/c1-12(2)16(21)24-19(23,25-17(22)13(3)4)10-9-18(11-20,14(5)6)15(7)8/h14-15,20,23H,1,3,9-11H2,2,4-8H3. The molecule has 0 saturated carbocycles. The lowest BCUT2D eigenvalue weighted by molar-refractivity contribution is -0.327. The maximum atomic E-state index is 11.8. The van der Waals surface area contributed by atoms with Gasteiger partial charge in [0.25, 0.3) is 0 Å². The highest BCUT2D eigenvalue weighted by Crippen LogP contribution is 2.41. The van der Waals surface area contributed by atoms with Crippen LogP contribution in [0.4, 0.5) is 0 Å².